The predicted octanol–water partition coefficient (Wildman–Crippen LogP) is 0.689. The van der Waals surface area contributed by atoms with Crippen LogP contribution < -0.4 is 15.8 Å². The minimum Gasteiger partial charge on any atom is -0.479 e. The molecule has 0 amide bonds. The number of morpholine rings is 1. The summed E-state index contributed by atoms with van der Waals surface area (Å²) in [5.41, 5.74) is 6.55. The summed E-state index contributed by atoms with van der Waals surface area (Å²) in [7, 11) is 1.59. The van der Waals surface area contributed by atoms with E-state index in [0.717, 1.165) is 58.1 Å². The standard InChI is InChI=1S/C14H23N5O2/c1-20-14-11(15)13(17-12(18-14)10-2-3-10)16-4-5-19-6-8-21-9-7-19/h10H,2-9,15H2,1H3,(H,16,17,18). The van der Waals surface area contributed by atoms with Gasteiger partial charge < -0.3 is 20.5 Å². The maximum Gasteiger partial charge on any atom is 0.242 e. The number of hydrogen-bond acceptors (Lipinski definition) is 7. The molecule has 1 aromatic heterocycles. The van der Waals surface area contributed by atoms with Crippen LogP contribution in [0.4, 0.5) is 11.5 Å². The first-order chi connectivity index (χ1) is 10.3. The van der Waals surface area contributed by atoms with Gasteiger partial charge in [0, 0.05) is 32.1 Å². The number of nitrogens with two attached hydrogens (primary N) is 1. The maximum atomic E-state index is 6.06. The van der Waals surface area contributed by atoms with Crippen molar-refractivity contribution in [3.8, 4) is 5.88 Å². The van der Waals surface area contributed by atoms with Gasteiger partial charge in [-0.1, -0.05) is 0 Å². The molecule has 1 saturated carbocycles. The Morgan fingerprint density at radius 2 is 2.10 bits per heavy atom. The molecular formula is C14H23N5O2. The average molecular weight is 293 g/mol. The zero-order valence-electron chi connectivity index (χ0n) is 12.5. The van der Waals surface area contributed by atoms with Crippen molar-refractivity contribution in [1.82, 2.24) is 14.9 Å². The summed E-state index contributed by atoms with van der Waals surface area (Å²) in [6.45, 7) is 5.35. The van der Waals surface area contributed by atoms with Crippen molar-refractivity contribution in [2.45, 2.75) is 18.8 Å². The van der Waals surface area contributed by atoms with Crippen LogP contribution in [0.25, 0.3) is 0 Å². The molecule has 1 aliphatic heterocycles. The van der Waals surface area contributed by atoms with Gasteiger partial charge in [0.05, 0.1) is 20.3 Å². The monoisotopic (exact) mass is 293 g/mol. The van der Waals surface area contributed by atoms with Crippen LogP contribution in [0.2, 0.25) is 0 Å². The van der Waals surface area contributed by atoms with Crippen LogP contribution in [-0.4, -0.2) is 61.4 Å². The molecule has 2 aliphatic rings. The number of aromatic nitrogens is 2. The fraction of sp³-hybridized carbons (Fsp3) is 0.714. The van der Waals surface area contributed by atoms with E-state index in [9.17, 15) is 0 Å². The summed E-state index contributed by atoms with van der Waals surface area (Å²) < 4.78 is 10.6. The summed E-state index contributed by atoms with van der Waals surface area (Å²) in [4.78, 5) is 11.3. The first-order valence-corrected chi connectivity index (χ1v) is 7.53. The third kappa shape index (κ3) is 3.54. The Bertz CT molecular complexity index is 486. The van der Waals surface area contributed by atoms with Crippen molar-refractivity contribution in [2.24, 2.45) is 0 Å². The van der Waals surface area contributed by atoms with Crippen LogP contribution in [0.3, 0.4) is 0 Å². The Labute approximate surface area is 124 Å². The fourth-order valence-corrected chi connectivity index (χ4v) is 2.44. The molecule has 7 nitrogen and oxygen atoms in total. The summed E-state index contributed by atoms with van der Waals surface area (Å²) in [5, 5.41) is 3.32. The van der Waals surface area contributed by atoms with Gasteiger partial charge >= 0.3 is 0 Å². The molecule has 1 saturated heterocycles. The number of hydrogen-bond donors (Lipinski definition) is 2. The molecule has 0 atom stereocenters. The fourth-order valence-electron chi connectivity index (χ4n) is 2.44. The second kappa shape index (κ2) is 6.44. The van der Waals surface area contributed by atoms with Crippen LogP contribution >= 0.6 is 0 Å². The van der Waals surface area contributed by atoms with E-state index in [1.54, 1.807) is 7.11 Å². The highest BCUT2D eigenvalue weighted by Gasteiger charge is 2.28. The molecule has 3 N–H and O–H groups in total. The van der Waals surface area contributed by atoms with Gasteiger partial charge in [-0.05, 0) is 12.8 Å². The highest BCUT2D eigenvalue weighted by molar-refractivity contribution is 5.67. The van der Waals surface area contributed by atoms with Crippen LogP contribution in [0.5, 0.6) is 5.88 Å². The van der Waals surface area contributed by atoms with Crippen molar-refractivity contribution >= 4 is 11.5 Å². The Hall–Kier alpha value is -1.60. The van der Waals surface area contributed by atoms with Gasteiger partial charge in [0.15, 0.2) is 5.82 Å². The number of anilines is 2. The van der Waals surface area contributed by atoms with E-state index in [1.165, 1.54) is 0 Å². The highest BCUT2D eigenvalue weighted by Crippen LogP contribution is 2.40. The van der Waals surface area contributed by atoms with E-state index in [0.29, 0.717) is 23.3 Å². The molecule has 1 aliphatic carbocycles. The third-order valence-electron chi connectivity index (χ3n) is 3.89. The van der Waals surface area contributed by atoms with Crippen molar-refractivity contribution in [1.29, 1.82) is 0 Å². The largest absolute Gasteiger partial charge is 0.479 e. The van der Waals surface area contributed by atoms with Crippen molar-refractivity contribution in [3.05, 3.63) is 5.82 Å². The van der Waals surface area contributed by atoms with Crippen molar-refractivity contribution in [2.75, 3.05) is 57.6 Å². The first kappa shape index (κ1) is 14.3. The minimum absolute atomic E-state index is 0.472. The van der Waals surface area contributed by atoms with Crippen LogP contribution in [-0.2, 0) is 4.74 Å². The van der Waals surface area contributed by atoms with Gasteiger partial charge in [-0.15, -0.1) is 0 Å². The van der Waals surface area contributed by atoms with E-state index in [4.69, 9.17) is 15.2 Å². The quantitative estimate of drug-likeness (QED) is 0.798. The second-order valence-electron chi connectivity index (χ2n) is 5.51. The maximum absolute atomic E-state index is 6.06. The molecule has 3 rings (SSSR count). The van der Waals surface area contributed by atoms with Crippen molar-refractivity contribution in [3.63, 3.8) is 0 Å². The van der Waals surface area contributed by atoms with E-state index >= 15 is 0 Å². The van der Waals surface area contributed by atoms with Gasteiger partial charge in [-0.2, -0.15) is 4.98 Å². The number of nitrogens with one attached hydrogen (secondary N) is 1. The summed E-state index contributed by atoms with van der Waals surface area (Å²) in [6, 6.07) is 0. The Morgan fingerprint density at radius 1 is 1.33 bits per heavy atom. The normalized spacial score (nSPS) is 19.5. The number of rotatable bonds is 6. The van der Waals surface area contributed by atoms with Crippen LogP contribution in [0.1, 0.15) is 24.6 Å². The van der Waals surface area contributed by atoms with Crippen LogP contribution in [0.15, 0.2) is 0 Å². The van der Waals surface area contributed by atoms with Gasteiger partial charge in [-0.25, -0.2) is 4.98 Å². The van der Waals surface area contributed by atoms with Gasteiger partial charge in [0.25, 0.3) is 0 Å². The highest BCUT2D eigenvalue weighted by atomic mass is 16.5. The smallest absolute Gasteiger partial charge is 0.242 e. The summed E-state index contributed by atoms with van der Waals surface area (Å²) in [5.74, 6) is 2.48. The molecule has 116 valence electrons. The number of nitrogen functional groups attached to an aromatic ring is 1. The molecule has 0 bridgehead atoms. The van der Waals surface area contributed by atoms with E-state index in [2.05, 4.69) is 20.2 Å². The Morgan fingerprint density at radius 3 is 2.76 bits per heavy atom. The van der Waals surface area contributed by atoms with E-state index in [-0.39, 0.29) is 0 Å². The average Bonchev–Trinajstić information content (AvgIpc) is 3.35. The second-order valence-corrected chi connectivity index (χ2v) is 5.51. The van der Waals surface area contributed by atoms with Crippen molar-refractivity contribution < 1.29 is 9.47 Å². The Kier molecular flexibility index (Phi) is 4.40. The van der Waals surface area contributed by atoms with Gasteiger partial charge in [0.1, 0.15) is 11.5 Å². The van der Waals surface area contributed by atoms with Gasteiger partial charge in [-0.3, -0.25) is 4.90 Å². The lowest BCUT2D eigenvalue weighted by Gasteiger charge is -2.26. The minimum atomic E-state index is 0.472. The molecule has 7 heteroatoms. The Balaban J connectivity index is 1.61. The molecule has 0 aromatic carbocycles. The lowest BCUT2D eigenvalue weighted by atomic mass is 10.3. The lowest BCUT2D eigenvalue weighted by Crippen LogP contribution is -2.39. The molecule has 2 fully saturated rings. The molecule has 0 spiro atoms. The zero-order valence-corrected chi connectivity index (χ0v) is 12.5. The lowest BCUT2D eigenvalue weighted by molar-refractivity contribution is 0.0398. The predicted molar refractivity (Wildman–Crippen MR) is 80.7 cm³/mol. The van der Waals surface area contributed by atoms with E-state index in [1.807, 2.05) is 0 Å². The number of nitrogens with zero attached hydrogens (tertiary/aromatic N) is 3. The SMILES string of the molecule is COc1nc(C2CC2)nc(NCCN2CCOCC2)c1N. The first-order valence-electron chi connectivity index (χ1n) is 7.53. The molecular weight excluding hydrogens is 270 g/mol. The van der Waals surface area contributed by atoms with Gasteiger partial charge in [0.2, 0.25) is 5.88 Å². The molecule has 2 heterocycles. The van der Waals surface area contributed by atoms with Crippen LogP contribution in [0, 0.1) is 0 Å². The molecule has 0 radical (unpaired) electrons. The summed E-state index contributed by atoms with van der Waals surface area (Å²) in [6.07, 6.45) is 2.31. The topological polar surface area (TPSA) is 85.5 Å². The molecule has 21 heavy (non-hydrogen) atoms. The third-order valence-corrected chi connectivity index (χ3v) is 3.89. The number of methoxy groups -OCH3 is 1. The zero-order chi connectivity index (χ0) is 14.7. The number of ether oxygens (including phenoxy) is 2. The molecule has 0 unspecified atom stereocenters. The van der Waals surface area contributed by atoms with E-state index < -0.39 is 0 Å². The summed E-state index contributed by atoms with van der Waals surface area (Å²) >= 11 is 0. The molecule has 1 aromatic rings.